The van der Waals surface area contributed by atoms with E-state index in [1.54, 1.807) is 12.4 Å². The van der Waals surface area contributed by atoms with E-state index in [9.17, 15) is 0 Å². The highest BCUT2D eigenvalue weighted by Gasteiger charge is 2.19. The van der Waals surface area contributed by atoms with Crippen LogP contribution in [0.25, 0.3) is 21.7 Å². The van der Waals surface area contributed by atoms with Gasteiger partial charge < -0.3 is 10.3 Å². The van der Waals surface area contributed by atoms with E-state index in [0.717, 1.165) is 27.4 Å². The van der Waals surface area contributed by atoms with E-state index in [4.69, 9.17) is 10.7 Å². The largest absolute Gasteiger partial charge is 0.375 e. The fraction of sp³-hybridized carbons (Fsp3) is 0.308. The van der Waals surface area contributed by atoms with Gasteiger partial charge in [-0.1, -0.05) is 11.3 Å². The maximum absolute atomic E-state index is 5.80. The van der Waals surface area contributed by atoms with Gasteiger partial charge in [-0.15, -0.1) is 0 Å². The van der Waals surface area contributed by atoms with Gasteiger partial charge in [0.05, 0.1) is 22.3 Å². The molecule has 3 rings (SSSR count). The molecule has 6 heteroatoms. The fourth-order valence-electron chi connectivity index (χ4n) is 2.26. The van der Waals surface area contributed by atoms with Gasteiger partial charge in [0.2, 0.25) is 0 Å². The summed E-state index contributed by atoms with van der Waals surface area (Å²) in [5, 5.41) is 0.577. The van der Waals surface area contributed by atoms with E-state index in [0.29, 0.717) is 11.2 Å². The number of thiazole rings is 1. The van der Waals surface area contributed by atoms with Gasteiger partial charge in [0.25, 0.3) is 0 Å². The number of imidazole rings is 1. The Hall–Kier alpha value is -1.95. The SMILES string of the molecule is Cc1nc(N)sc1-c1nc2cnccc2n1C(C)C. The Morgan fingerprint density at radius 1 is 1.32 bits per heavy atom. The Bertz CT molecular complexity index is 741. The van der Waals surface area contributed by atoms with E-state index < -0.39 is 0 Å². The van der Waals surface area contributed by atoms with Crippen molar-refractivity contribution in [1.82, 2.24) is 19.5 Å². The van der Waals surface area contributed by atoms with Crippen molar-refractivity contribution in [1.29, 1.82) is 0 Å². The van der Waals surface area contributed by atoms with Crippen LogP contribution >= 0.6 is 11.3 Å². The molecule has 0 fully saturated rings. The number of pyridine rings is 1. The lowest BCUT2D eigenvalue weighted by Crippen LogP contribution is -2.02. The molecule has 2 N–H and O–H groups in total. The predicted octanol–water partition coefficient (Wildman–Crippen LogP) is 3.03. The molecule has 5 nitrogen and oxygen atoms in total. The maximum Gasteiger partial charge on any atom is 0.180 e. The van der Waals surface area contributed by atoms with Crippen molar-refractivity contribution in [2.45, 2.75) is 26.8 Å². The number of aryl methyl sites for hydroxylation is 1. The van der Waals surface area contributed by atoms with Gasteiger partial charge in [-0.25, -0.2) is 9.97 Å². The number of rotatable bonds is 2. The van der Waals surface area contributed by atoms with Crippen molar-refractivity contribution in [2.24, 2.45) is 0 Å². The van der Waals surface area contributed by atoms with Crippen molar-refractivity contribution in [3.63, 3.8) is 0 Å². The van der Waals surface area contributed by atoms with Crippen molar-refractivity contribution in [2.75, 3.05) is 5.73 Å². The molecule has 0 spiro atoms. The first-order valence-electron chi connectivity index (χ1n) is 6.13. The molecule has 0 aliphatic carbocycles. The molecule has 0 bridgehead atoms. The molecule has 0 saturated carbocycles. The van der Waals surface area contributed by atoms with Crippen LogP contribution in [0.2, 0.25) is 0 Å². The second kappa shape index (κ2) is 4.31. The van der Waals surface area contributed by atoms with E-state index >= 15 is 0 Å². The monoisotopic (exact) mass is 273 g/mol. The first-order valence-corrected chi connectivity index (χ1v) is 6.95. The summed E-state index contributed by atoms with van der Waals surface area (Å²) in [6.07, 6.45) is 3.58. The lowest BCUT2D eigenvalue weighted by Gasteiger charge is -2.12. The first kappa shape index (κ1) is 12.1. The van der Waals surface area contributed by atoms with E-state index in [1.807, 2.05) is 13.0 Å². The maximum atomic E-state index is 5.80. The average Bonchev–Trinajstić information content (AvgIpc) is 2.88. The number of anilines is 1. The van der Waals surface area contributed by atoms with Crippen molar-refractivity contribution >= 4 is 27.5 Å². The normalized spacial score (nSPS) is 11.6. The summed E-state index contributed by atoms with van der Waals surface area (Å²) < 4.78 is 2.21. The minimum atomic E-state index is 0.310. The third-order valence-electron chi connectivity index (χ3n) is 3.02. The molecule has 98 valence electrons. The Morgan fingerprint density at radius 2 is 2.11 bits per heavy atom. The van der Waals surface area contributed by atoms with Crippen molar-refractivity contribution < 1.29 is 0 Å². The summed E-state index contributed by atoms with van der Waals surface area (Å²) >= 11 is 1.48. The molecule has 3 aromatic rings. The van der Waals surface area contributed by atoms with Crippen LogP contribution in [0.1, 0.15) is 25.6 Å². The predicted molar refractivity (Wildman–Crippen MR) is 78.2 cm³/mol. The zero-order valence-corrected chi connectivity index (χ0v) is 11.9. The van der Waals surface area contributed by atoms with E-state index in [2.05, 4.69) is 28.4 Å². The van der Waals surface area contributed by atoms with Crippen LogP contribution < -0.4 is 5.73 Å². The second-order valence-corrected chi connectivity index (χ2v) is 5.76. The molecule has 0 aliphatic rings. The van der Waals surface area contributed by atoms with Gasteiger partial charge in [0.15, 0.2) is 11.0 Å². The van der Waals surface area contributed by atoms with Crippen LogP contribution in [0.5, 0.6) is 0 Å². The zero-order valence-electron chi connectivity index (χ0n) is 11.1. The number of aromatic nitrogens is 4. The molecular formula is C13H15N5S. The van der Waals surface area contributed by atoms with Gasteiger partial charge >= 0.3 is 0 Å². The second-order valence-electron chi connectivity index (χ2n) is 4.73. The van der Waals surface area contributed by atoms with Crippen molar-refractivity contribution in [3.8, 4) is 10.7 Å². The third-order valence-corrected chi connectivity index (χ3v) is 4.01. The topological polar surface area (TPSA) is 69.6 Å². The lowest BCUT2D eigenvalue weighted by molar-refractivity contribution is 0.625. The summed E-state index contributed by atoms with van der Waals surface area (Å²) in [5.74, 6) is 0.921. The van der Waals surface area contributed by atoms with Crippen LogP contribution in [0.3, 0.4) is 0 Å². The first-order chi connectivity index (χ1) is 9.08. The summed E-state index contributed by atoms with van der Waals surface area (Å²) in [6, 6.07) is 2.30. The quantitative estimate of drug-likeness (QED) is 0.779. The van der Waals surface area contributed by atoms with Gasteiger partial charge in [-0.3, -0.25) is 4.98 Å². The summed E-state index contributed by atoms with van der Waals surface area (Å²) in [7, 11) is 0. The molecule has 0 radical (unpaired) electrons. The zero-order chi connectivity index (χ0) is 13.6. The molecule has 0 atom stereocenters. The third kappa shape index (κ3) is 1.88. The summed E-state index contributed by atoms with van der Waals surface area (Å²) in [6.45, 7) is 6.25. The number of hydrogen-bond donors (Lipinski definition) is 1. The Labute approximate surface area is 115 Å². The summed E-state index contributed by atoms with van der Waals surface area (Å²) in [4.78, 5) is 14.1. The van der Waals surface area contributed by atoms with E-state index in [1.165, 1.54) is 11.3 Å². The van der Waals surface area contributed by atoms with Crippen LogP contribution in [0, 0.1) is 6.92 Å². The van der Waals surface area contributed by atoms with Gasteiger partial charge in [-0.05, 0) is 26.8 Å². The molecule has 3 heterocycles. The smallest absolute Gasteiger partial charge is 0.180 e. The van der Waals surface area contributed by atoms with Crippen LogP contribution in [-0.4, -0.2) is 19.5 Å². The summed E-state index contributed by atoms with van der Waals surface area (Å²) in [5.41, 5.74) is 8.71. The Balaban J connectivity index is 2.34. The molecule has 0 unspecified atom stereocenters. The molecule has 0 saturated heterocycles. The number of nitrogens with zero attached hydrogens (tertiary/aromatic N) is 4. The Kier molecular flexibility index (Phi) is 2.74. The molecule has 19 heavy (non-hydrogen) atoms. The van der Waals surface area contributed by atoms with Crippen molar-refractivity contribution in [3.05, 3.63) is 24.2 Å². The number of hydrogen-bond acceptors (Lipinski definition) is 5. The number of nitrogens with two attached hydrogens (primary N) is 1. The highest BCUT2D eigenvalue weighted by molar-refractivity contribution is 7.18. The number of fused-ring (bicyclic) bond motifs is 1. The molecule has 0 aromatic carbocycles. The van der Waals surface area contributed by atoms with Gasteiger partial charge in [0, 0.05) is 12.2 Å². The molecular weight excluding hydrogens is 258 g/mol. The highest BCUT2D eigenvalue weighted by atomic mass is 32.1. The minimum absolute atomic E-state index is 0.310. The Morgan fingerprint density at radius 3 is 2.74 bits per heavy atom. The molecule has 0 aliphatic heterocycles. The lowest BCUT2D eigenvalue weighted by atomic mass is 10.3. The fourth-order valence-corrected chi connectivity index (χ4v) is 3.08. The van der Waals surface area contributed by atoms with Gasteiger partial charge in [0.1, 0.15) is 5.52 Å². The minimum Gasteiger partial charge on any atom is -0.375 e. The van der Waals surface area contributed by atoms with E-state index in [-0.39, 0.29) is 0 Å². The highest BCUT2D eigenvalue weighted by Crippen LogP contribution is 2.34. The molecule has 3 aromatic heterocycles. The number of nitrogen functional groups attached to an aromatic ring is 1. The van der Waals surface area contributed by atoms with Crippen LogP contribution in [0.15, 0.2) is 18.5 Å². The van der Waals surface area contributed by atoms with Crippen LogP contribution in [-0.2, 0) is 0 Å². The standard InChI is InChI=1S/C13H15N5S/c1-7(2)18-10-4-5-15-6-9(10)17-12(18)11-8(3)16-13(14)19-11/h4-7H,1-3H3,(H2,14,16). The van der Waals surface area contributed by atoms with Gasteiger partial charge in [-0.2, -0.15) is 0 Å². The average molecular weight is 273 g/mol. The molecule has 0 amide bonds. The van der Waals surface area contributed by atoms with Crippen LogP contribution in [0.4, 0.5) is 5.13 Å².